The lowest BCUT2D eigenvalue weighted by molar-refractivity contribution is -0.140. The first-order valence-corrected chi connectivity index (χ1v) is 8.61. The van der Waals surface area contributed by atoms with Crippen LogP contribution in [-0.2, 0) is 16.1 Å². The molecular weight excluding hydrogens is 320 g/mol. The highest BCUT2D eigenvalue weighted by Gasteiger charge is 2.37. The number of nitrogens with zero attached hydrogens (tertiary/aromatic N) is 4. The molecule has 1 aromatic heterocycles. The lowest BCUT2D eigenvalue weighted by Crippen LogP contribution is -2.50. The summed E-state index contributed by atoms with van der Waals surface area (Å²) in [6, 6.07) is 5.91. The van der Waals surface area contributed by atoms with Crippen LogP contribution < -0.4 is 4.74 Å². The van der Waals surface area contributed by atoms with Crippen LogP contribution in [0.4, 0.5) is 0 Å². The molecule has 0 N–H and O–H groups in total. The van der Waals surface area contributed by atoms with Crippen LogP contribution >= 0.6 is 0 Å². The lowest BCUT2D eigenvalue weighted by Gasteiger charge is -2.40. The maximum absolute atomic E-state index is 12.6. The zero-order chi connectivity index (χ0) is 17.4. The van der Waals surface area contributed by atoms with Crippen LogP contribution in [0.2, 0.25) is 0 Å². The van der Waals surface area contributed by atoms with E-state index in [-0.39, 0.29) is 24.7 Å². The minimum absolute atomic E-state index is 0.00778. The zero-order valence-corrected chi connectivity index (χ0v) is 14.5. The van der Waals surface area contributed by atoms with E-state index in [0.717, 1.165) is 29.0 Å². The molecule has 7 heteroatoms. The minimum Gasteiger partial charge on any atom is -0.483 e. The van der Waals surface area contributed by atoms with Gasteiger partial charge in [0.2, 0.25) is 0 Å². The molecule has 132 valence electrons. The molecule has 2 aliphatic heterocycles. The van der Waals surface area contributed by atoms with Crippen LogP contribution in [0, 0.1) is 13.8 Å². The van der Waals surface area contributed by atoms with E-state index in [1.54, 1.807) is 6.20 Å². The highest BCUT2D eigenvalue weighted by molar-refractivity contribution is 5.78. The van der Waals surface area contributed by atoms with Gasteiger partial charge in [-0.15, -0.1) is 5.10 Å². The number of piperidine rings is 1. The second kappa shape index (κ2) is 6.48. The monoisotopic (exact) mass is 342 g/mol. The SMILES string of the molecule is Cc1cccc(OCC(=O)N2CC[C@H]3OCc4cnnn4[C@@H]3C2)c1C. The van der Waals surface area contributed by atoms with Crippen molar-refractivity contribution in [2.75, 3.05) is 19.7 Å². The van der Waals surface area contributed by atoms with E-state index in [1.165, 1.54) is 0 Å². The van der Waals surface area contributed by atoms with E-state index in [4.69, 9.17) is 9.47 Å². The van der Waals surface area contributed by atoms with E-state index in [0.29, 0.717) is 19.7 Å². The molecule has 1 aromatic carbocycles. The molecule has 0 unspecified atom stereocenters. The second-order valence-corrected chi connectivity index (χ2v) is 6.70. The fraction of sp³-hybridized carbons (Fsp3) is 0.500. The van der Waals surface area contributed by atoms with Gasteiger partial charge in [0, 0.05) is 13.1 Å². The van der Waals surface area contributed by atoms with Gasteiger partial charge >= 0.3 is 0 Å². The standard InChI is InChI=1S/C18H22N4O3/c1-12-4-3-5-16(13(12)2)25-11-18(23)21-7-6-17-15(9-21)22-14(10-24-17)8-19-20-22/h3-5,8,15,17H,6-7,9-11H2,1-2H3/t15-,17-/m1/s1. The highest BCUT2D eigenvalue weighted by Crippen LogP contribution is 2.30. The molecule has 0 radical (unpaired) electrons. The number of likely N-dealkylation sites (tertiary alicyclic amines) is 1. The lowest BCUT2D eigenvalue weighted by atomic mass is 10.0. The Kier molecular flexibility index (Phi) is 4.17. The molecule has 0 bridgehead atoms. The number of amides is 1. The first-order valence-electron chi connectivity index (χ1n) is 8.61. The number of hydrogen-bond acceptors (Lipinski definition) is 5. The summed E-state index contributed by atoms with van der Waals surface area (Å²) in [5.74, 6) is 0.759. The van der Waals surface area contributed by atoms with Crippen molar-refractivity contribution < 1.29 is 14.3 Å². The van der Waals surface area contributed by atoms with Crippen molar-refractivity contribution in [1.29, 1.82) is 0 Å². The van der Waals surface area contributed by atoms with Crippen molar-refractivity contribution >= 4 is 5.91 Å². The molecule has 25 heavy (non-hydrogen) atoms. The van der Waals surface area contributed by atoms with E-state index in [2.05, 4.69) is 10.3 Å². The third-order valence-corrected chi connectivity index (χ3v) is 5.19. The maximum Gasteiger partial charge on any atom is 0.260 e. The topological polar surface area (TPSA) is 69.5 Å². The first-order chi connectivity index (χ1) is 12.1. The zero-order valence-electron chi connectivity index (χ0n) is 14.5. The largest absolute Gasteiger partial charge is 0.483 e. The van der Waals surface area contributed by atoms with Gasteiger partial charge in [0.1, 0.15) is 5.75 Å². The number of ether oxygens (including phenoxy) is 2. The van der Waals surface area contributed by atoms with Gasteiger partial charge in [-0.1, -0.05) is 17.3 Å². The quantitative estimate of drug-likeness (QED) is 0.848. The Balaban J connectivity index is 1.41. The number of hydrogen-bond donors (Lipinski definition) is 0. The Morgan fingerprint density at radius 1 is 1.40 bits per heavy atom. The maximum atomic E-state index is 12.6. The number of rotatable bonds is 3. The van der Waals surface area contributed by atoms with Crippen molar-refractivity contribution in [3.63, 3.8) is 0 Å². The first kappa shape index (κ1) is 16.1. The molecule has 2 atom stereocenters. The van der Waals surface area contributed by atoms with Crippen LogP contribution in [0.25, 0.3) is 0 Å². The summed E-state index contributed by atoms with van der Waals surface area (Å²) in [5.41, 5.74) is 3.19. The van der Waals surface area contributed by atoms with Gasteiger partial charge in [0.15, 0.2) is 6.61 Å². The predicted octanol–water partition coefficient (Wildman–Crippen LogP) is 1.65. The van der Waals surface area contributed by atoms with E-state index >= 15 is 0 Å². The summed E-state index contributed by atoms with van der Waals surface area (Å²) in [4.78, 5) is 14.4. The second-order valence-electron chi connectivity index (χ2n) is 6.70. The van der Waals surface area contributed by atoms with Gasteiger partial charge in [0.25, 0.3) is 5.91 Å². The fourth-order valence-electron chi connectivity index (χ4n) is 3.52. The molecule has 1 saturated heterocycles. The summed E-state index contributed by atoms with van der Waals surface area (Å²) in [7, 11) is 0. The van der Waals surface area contributed by atoms with E-state index in [9.17, 15) is 4.79 Å². The summed E-state index contributed by atoms with van der Waals surface area (Å²) in [6.45, 7) is 5.89. The number of aromatic nitrogens is 3. The molecular formula is C18H22N4O3. The highest BCUT2D eigenvalue weighted by atomic mass is 16.5. The molecule has 0 aliphatic carbocycles. The minimum atomic E-state index is -0.00778. The number of benzene rings is 1. The average Bonchev–Trinajstić information content (AvgIpc) is 3.11. The van der Waals surface area contributed by atoms with Crippen LogP contribution in [-0.4, -0.2) is 51.6 Å². The van der Waals surface area contributed by atoms with Crippen LogP contribution in [0.15, 0.2) is 24.4 Å². The molecule has 2 aromatic rings. The Morgan fingerprint density at radius 2 is 2.28 bits per heavy atom. The molecule has 1 amide bonds. The molecule has 7 nitrogen and oxygen atoms in total. The Morgan fingerprint density at radius 3 is 3.16 bits per heavy atom. The molecule has 0 spiro atoms. The molecule has 2 aliphatic rings. The van der Waals surface area contributed by atoms with Gasteiger partial charge in [0.05, 0.1) is 30.6 Å². The smallest absolute Gasteiger partial charge is 0.260 e. The van der Waals surface area contributed by atoms with Gasteiger partial charge in [-0.25, -0.2) is 4.68 Å². The van der Waals surface area contributed by atoms with Gasteiger partial charge in [-0.2, -0.15) is 0 Å². The van der Waals surface area contributed by atoms with Crippen molar-refractivity contribution in [2.45, 2.75) is 39.0 Å². The Bertz CT molecular complexity index is 788. The number of aryl methyl sites for hydroxylation is 1. The van der Waals surface area contributed by atoms with E-state index in [1.807, 2.05) is 41.6 Å². The number of fused-ring (bicyclic) bond motifs is 3. The van der Waals surface area contributed by atoms with Gasteiger partial charge in [-0.05, 0) is 37.5 Å². The number of carbonyl (C=O) groups excluding carboxylic acids is 1. The predicted molar refractivity (Wildman–Crippen MR) is 90.2 cm³/mol. The average molecular weight is 342 g/mol. The normalized spacial score (nSPS) is 22.2. The van der Waals surface area contributed by atoms with Crippen molar-refractivity contribution in [2.24, 2.45) is 0 Å². The molecule has 4 rings (SSSR count). The summed E-state index contributed by atoms with van der Waals surface area (Å²) < 4.78 is 13.6. The summed E-state index contributed by atoms with van der Waals surface area (Å²) in [5, 5.41) is 8.13. The van der Waals surface area contributed by atoms with Crippen LogP contribution in [0.3, 0.4) is 0 Å². The Hall–Kier alpha value is -2.41. The van der Waals surface area contributed by atoms with E-state index < -0.39 is 0 Å². The van der Waals surface area contributed by atoms with Crippen molar-refractivity contribution in [1.82, 2.24) is 19.9 Å². The third-order valence-electron chi connectivity index (χ3n) is 5.19. The molecule has 0 saturated carbocycles. The third kappa shape index (κ3) is 3.00. The van der Waals surface area contributed by atoms with Crippen LogP contribution in [0.1, 0.15) is 29.3 Å². The van der Waals surface area contributed by atoms with Crippen molar-refractivity contribution in [3.8, 4) is 5.75 Å². The summed E-state index contributed by atoms with van der Waals surface area (Å²) in [6.07, 6.45) is 2.62. The fourth-order valence-corrected chi connectivity index (χ4v) is 3.52. The Labute approximate surface area is 146 Å². The van der Waals surface area contributed by atoms with Crippen LogP contribution in [0.5, 0.6) is 5.75 Å². The van der Waals surface area contributed by atoms with Crippen molar-refractivity contribution in [3.05, 3.63) is 41.2 Å². The summed E-state index contributed by atoms with van der Waals surface area (Å²) >= 11 is 0. The van der Waals surface area contributed by atoms with Gasteiger partial charge < -0.3 is 14.4 Å². The number of carbonyl (C=O) groups is 1. The molecule has 3 heterocycles. The van der Waals surface area contributed by atoms with Gasteiger partial charge in [-0.3, -0.25) is 4.79 Å². The molecule has 1 fully saturated rings.